The fourth-order valence-corrected chi connectivity index (χ4v) is 8.39. The van der Waals surface area contributed by atoms with Gasteiger partial charge in [0.05, 0.1) is 5.75 Å². The van der Waals surface area contributed by atoms with E-state index in [9.17, 15) is 18.3 Å². The third-order valence-electron chi connectivity index (χ3n) is 9.12. The standard InChI is InChI=1S/C37H48N2O6S.ClH/c1-5-6-22-46(42,43)39(35-32-25-38(26-33(32)35)24-28-10-8-7-9-11-28)20-21-44-30-16-12-27(13-17-30)23-34(36(40)41)45-31-18-14-29(15-19-31)37(2,3)4;/h7-19,32-35H,5-6,20-26H2,1-4H3,(H,40,41);1H/t32-,33+,34-,35+;/m0./s1. The van der Waals surface area contributed by atoms with Crippen LogP contribution in [0.2, 0.25) is 0 Å². The lowest BCUT2D eigenvalue weighted by Crippen LogP contribution is -2.42. The molecule has 8 nitrogen and oxygen atoms in total. The first-order chi connectivity index (χ1) is 21.9. The monoisotopic (exact) mass is 684 g/mol. The molecule has 2 fully saturated rings. The van der Waals surface area contributed by atoms with E-state index in [0.29, 0.717) is 36.3 Å². The molecule has 3 aromatic rings. The van der Waals surface area contributed by atoms with Gasteiger partial charge in [0.2, 0.25) is 10.0 Å². The molecule has 0 radical (unpaired) electrons. The summed E-state index contributed by atoms with van der Waals surface area (Å²) in [5, 5.41) is 9.81. The predicted octanol–water partition coefficient (Wildman–Crippen LogP) is 6.42. The van der Waals surface area contributed by atoms with E-state index in [0.717, 1.165) is 37.2 Å². The van der Waals surface area contributed by atoms with Gasteiger partial charge in [-0.1, -0.05) is 88.7 Å². The number of likely N-dealkylation sites (tertiary alicyclic amines) is 1. The van der Waals surface area contributed by atoms with Crippen molar-refractivity contribution in [1.29, 1.82) is 0 Å². The van der Waals surface area contributed by atoms with Crippen LogP contribution in [0.5, 0.6) is 11.5 Å². The highest BCUT2D eigenvalue weighted by molar-refractivity contribution is 7.89. The summed E-state index contributed by atoms with van der Waals surface area (Å²) in [4.78, 5) is 14.4. The third-order valence-corrected chi connectivity index (χ3v) is 11.1. The predicted molar refractivity (Wildman–Crippen MR) is 188 cm³/mol. The van der Waals surface area contributed by atoms with Crippen molar-refractivity contribution in [2.45, 2.75) is 71.1 Å². The molecule has 0 spiro atoms. The number of benzene rings is 3. The van der Waals surface area contributed by atoms with Crippen LogP contribution in [0.25, 0.3) is 0 Å². The molecule has 1 saturated heterocycles. The number of ether oxygens (including phenoxy) is 2. The quantitative estimate of drug-likeness (QED) is 0.186. The van der Waals surface area contributed by atoms with Gasteiger partial charge in [0.15, 0.2) is 6.10 Å². The number of hydrogen-bond donors (Lipinski definition) is 1. The second kappa shape index (κ2) is 15.9. The Labute approximate surface area is 286 Å². The van der Waals surface area contributed by atoms with Crippen LogP contribution >= 0.6 is 12.4 Å². The molecule has 0 unspecified atom stereocenters. The molecule has 1 saturated carbocycles. The van der Waals surface area contributed by atoms with Gasteiger partial charge < -0.3 is 14.6 Å². The molecule has 0 amide bonds. The number of halogens is 1. The molecule has 3 aromatic carbocycles. The van der Waals surface area contributed by atoms with Gasteiger partial charge >= 0.3 is 5.97 Å². The SMILES string of the molecule is CCCCS(=O)(=O)N(CCOc1ccc(C[C@H](Oc2ccc(C(C)(C)C)cc2)C(=O)O)cc1)[C@H]1[C@@H]2CN(Cc3ccccc3)C[C@@H]21.Cl. The van der Waals surface area contributed by atoms with E-state index in [1.807, 2.05) is 49.4 Å². The number of unbranched alkanes of at least 4 members (excludes halogenated alkanes) is 1. The first kappa shape index (κ1) is 36.7. The number of fused-ring (bicyclic) bond motifs is 1. The molecule has 1 aliphatic carbocycles. The van der Waals surface area contributed by atoms with E-state index in [2.05, 4.69) is 49.9 Å². The number of piperidine rings is 1. The zero-order valence-electron chi connectivity index (χ0n) is 27.9. The molecule has 47 heavy (non-hydrogen) atoms. The molecular weight excluding hydrogens is 636 g/mol. The van der Waals surface area contributed by atoms with E-state index in [-0.39, 0.29) is 42.6 Å². The minimum Gasteiger partial charge on any atom is -0.492 e. The van der Waals surface area contributed by atoms with Crippen molar-refractivity contribution < 1.29 is 27.8 Å². The minimum absolute atomic E-state index is 0. The highest BCUT2D eigenvalue weighted by Gasteiger charge is 2.60. The molecule has 2 aliphatic rings. The van der Waals surface area contributed by atoms with E-state index in [4.69, 9.17) is 9.47 Å². The molecule has 1 N–H and O–H groups in total. The maximum atomic E-state index is 13.4. The van der Waals surface area contributed by atoms with E-state index >= 15 is 0 Å². The Morgan fingerprint density at radius 3 is 2.13 bits per heavy atom. The summed E-state index contributed by atoms with van der Waals surface area (Å²) in [7, 11) is -3.39. The van der Waals surface area contributed by atoms with Crippen molar-refractivity contribution in [3.8, 4) is 11.5 Å². The maximum Gasteiger partial charge on any atom is 0.345 e. The average Bonchev–Trinajstić information content (AvgIpc) is 3.50. The Morgan fingerprint density at radius 1 is 0.936 bits per heavy atom. The molecule has 10 heteroatoms. The molecule has 256 valence electrons. The van der Waals surface area contributed by atoms with E-state index < -0.39 is 22.1 Å². The molecule has 5 rings (SSSR count). The Bertz CT molecular complexity index is 1530. The third kappa shape index (κ3) is 9.72. The fourth-order valence-electron chi connectivity index (χ4n) is 6.46. The molecule has 1 aliphatic heterocycles. The van der Waals surface area contributed by atoms with Gasteiger partial charge in [-0.15, -0.1) is 12.4 Å². The fraction of sp³-hybridized carbons (Fsp3) is 0.486. The summed E-state index contributed by atoms with van der Waals surface area (Å²) < 4.78 is 40.4. The second-order valence-corrected chi connectivity index (χ2v) is 15.7. The molecular formula is C37H49ClN2O6S. The van der Waals surface area contributed by atoms with Crippen LogP contribution in [0.4, 0.5) is 0 Å². The molecule has 0 aromatic heterocycles. The second-order valence-electron chi connectivity index (χ2n) is 13.7. The van der Waals surface area contributed by atoms with E-state index in [1.54, 1.807) is 16.4 Å². The van der Waals surface area contributed by atoms with Crippen LogP contribution in [0.15, 0.2) is 78.9 Å². The Balaban J connectivity index is 0.00000500. The van der Waals surface area contributed by atoms with Gasteiger partial charge in [0, 0.05) is 38.6 Å². The van der Waals surface area contributed by atoms with Crippen molar-refractivity contribution >= 4 is 28.4 Å². The Morgan fingerprint density at radius 2 is 1.55 bits per heavy atom. The Hall–Kier alpha value is -3.11. The zero-order valence-corrected chi connectivity index (χ0v) is 29.5. The topological polar surface area (TPSA) is 96.4 Å². The highest BCUT2D eigenvalue weighted by Crippen LogP contribution is 2.50. The van der Waals surface area contributed by atoms with Crippen LogP contribution in [-0.2, 0) is 33.2 Å². The van der Waals surface area contributed by atoms with Crippen molar-refractivity contribution in [3.63, 3.8) is 0 Å². The van der Waals surface area contributed by atoms with Crippen LogP contribution in [0.1, 0.15) is 57.2 Å². The number of hydrogen-bond acceptors (Lipinski definition) is 6. The maximum absolute atomic E-state index is 13.4. The van der Waals surface area contributed by atoms with Gasteiger partial charge in [-0.05, 0) is 64.6 Å². The van der Waals surface area contributed by atoms with E-state index in [1.165, 1.54) is 5.56 Å². The average molecular weight is 685 g/mol. The van der Waals surface area contributed by atoms with Crippen LogP contribution in [0.3, 0.4) is 0 Å². The number of sulfonamides is 1. The van der Waals surface area contributed by atoms with Gasteiger partial charge in [0.25, 0.3) is 0 Å². The summed E-state index contributed by atoms with van der Waals surface area (Å²) >= 11 is 0. The van der Waals surface area contributed by atoms with Crippen LogP contribution in [0, 0.1) is 11.8 Å². The summed E-state index contributed by atoms with van der Waals surface area (Å²) in [5.41, 5.74) is 3.23. The first-order valence-corrected chi connectivity index (χ1v) is 18.0. The summed E-state index contributed by atoms with van der Waals surface area (Å²) in [5.74, 6) is 0.987. The number of carboxylic acid groups (broad SMARTS) is 1. The van der Waals surface area contributed by atoms with Crippen molar-refractivity contribution in [2.24, 2.45) is 11.8 Å². The molecule has 4 atom stereocenters. The van der Waals surface area contributed by atoms with Crippen molar-refractivity contribution in [3.05, 3.63) is 95.6 Å². The molecule has 1 heterocycles. The summed E-state index contributed by atoms with van der Waals surface area (Å²) in [6.45, 7) is 11.7. The molecule has 0 bridgehead atoms. The number of nitrogens with zero attached hydrogens (tertiary/aromatic N) is 2. The van der Waals surface area contributed by atoms with Crippen molar-refractivity contribution in [1.82, 2.24) is 9.21 Å². The smallest absolute Gasteiger partial charge is 0.345 e. The lowest BCUT2D eigenvalue weighted by atomic mass is 9.87. The summed E-state index contributed by atoms with van der Waals surface area (Å²) in [6.07, 6.45) is 0.643. The highest BCUT2D eigenvalue weighted by atomic mass is 35.5. The minimum atomic E-state index is -3.39. The zero-order chi connectivity index (χ0) is 32.9. The van der Waals surface area contributed by atoms with Crippen LogP contribution in [-0.4, -0.2) is 72.8 Å². The Kier molecular flexibility index (Phi) is 12.4. The van der Waals surface area contributed by atoms with Gasteiger partial charge in [-0.2, -0.15) is 4.31 Å². The van der Waals surface area contributed by atoms with Gasteiger partial charge in [-0.3, -0.25) is 4.90 Å². The van der Waals surface area contributed by atoms with Gasteiger partial charge in [-0.25, -0.2) is 13.2 Å². The first-order valence-electron chi connectivity index (χ1n) is 16.4. The lowest BCUT2D eigenvalue weighted by molar-refractivity contribution is -0.145. The largest absolute Gasteiger partial charge is 0.492 e. The number of carbonyl (C=O) groups is 1. The number of rotatable bonds is 16. The summed E-state index contributed by atoms with van der Waals surface area (Å²) in [6, 6.07) is 25.3. The normalized spacial score (nSPS) is 19.9. The lowest BCUT2D eigenvalue weighted by Gasteiger charge is -2.27. The number of carboxylic acids is 1. The van der Waals surface area contributed by atoms with Gasteiger partial charge in [0.1, 0.15) is 18.1 Å². The van der Waals surface area contributed by atoms with Crippen molar-refractivity contribution in [2.75, 3.05) is 32.0 Å². The number of aliphatic carboxylic acids is 1. The van der Waals surface area contributed by atoms with Crippen LogP contribution < -0.4 is 9.47 Å².